The second kappa shape index (κ2) is 10.0. The molecule has 1 heterocycles. The van der Waals surface area contributed by atoms with Crippen molar-refractivity contribution < 1.29 is 13.2 Å². The SMILES string of the molecule is Cc1ccc(S(=O)(=O)N2C(=O)[C@@H](c3ccc4ccccc4c3)[C@H](c3ccccc3)C=C2c2ccccc2)cc1. The third-order valence-corrected chi connectivity index (χ3v) is 9.05. The first-order valence-corrected chi connectivity index (χ1v) is 14.3. The van der Waals surface area contributed by atoms with Crippen LogP contribution in [0.1, 0.15) is 34.1 Å². The van der Waals surface area contributed by atoms with Gasteiger partial charge in [-0.15, -0.1) is 0 Å². The molecule has 0 fully saturated rings. The third kappa shape index (κ3) is 4.55. The van der Waals surface area contributed by atoms with E-state index in [2.05, 4.69) is 0 Å². The fourth-order valence-corrected chi connectivity index (χ4v) is 6.80. The third-order valence-electron chi connectivity index (χ3n) is 7.33. The van der Waals surface area contributed by atoms with Gasteiger partial charge < -0.3 is 0 Å². The molecule has 0 saturated heterocycles. The first kappa shape index (κ1) is 24.8. The number of carbonyl (C=O) groups is 1. The van der Waals surface area contributed by atoms with Gasteiger partial charge in [-0.3, -0.25) is 4.79 Å². The smallest absolute Gasteiger partial charge is 0.270 e. The zero-order valence-corrected chi connectivity index (χ0v) is 22.3. The molecule has 0 unspecified atom stereocenters. The lowest BCUT2D eigenvalue weighted by Crippen LogP contribution is -2.43. The van der Waals surface area contributed by atoms with Crippen molar-refractivity contribution in [2.45, 2.75) is 23.7 Å². The summed E-state index contributed by atoms with van der Waals surface area (Å²) in [6.45, 7) is 1.90. The number of hydrogen-bond acceptors (Lipinski definition) is 3. The second-order valence-electron chi connectivity index (χ2n) is 9.86. The number of nitrogens with zero attached hydrogens (tertiary/aromatic N) is 1. The van der Waals surface area contributed by atoms with Gasteiger partial charge >= 0.3 is 0 Å². The summed E-state index contributed by atoms with van der Waals surface area (Å²) in [6.07, 6.45) is 1.94. The van der Waals surface area contributed by atoms with E-state index in [-0.39, 0.29) is 10.8 Å². The Balaban J connectivity index is 1.61. The molecule has 2 atom stereocenters. The van der Waals surface area contributed by atoms with Crippen LogP contribution in [0.25, 0.3) is 16.5 Å². The molecule has 0 radical (unpaired) electrons. The number of fused-ring (bicyclic) bond motifs is 1. The lowest BCUT2D eigenvalue weighted by molar-refractivity contribution is -0.126. The number of amides is 1. The van der Waals surface area contributed by atoms with Crippen LogP contribution >= 0.6 is 0 Å². The van der Waals surface area contributed by atoms with Crippen molar-refractivity contribution in [1.82, 2.24) is 4.31 Å². The van der Waals surface area contributed by atoms with Gasteiger partial charge in [0.1, 0.15) is 0 Å². The summed E-state index contributed by atoms with van der Waals surface area (Å²) in [5.74, 6) is -1.56. The predicted octanol–water partition coefficient (Wildman–Crippen LogP) is 7.29. The van der Waals surface area contributed by atoms with Gasteiger partial charge in [0.15, 0.2) is 0 Å². The summed E-state index contributed by atoms with van der Waals surface area (Å²) >= 11 is 0. The molecule has 6 rings (SSSR count). The molecule has 5 aromatic rings. The Hall–Kier alpha value is -4.48. The largest absolute Gasteiger partial charge is 0.273 e. The van der Waals surface area contributed by atoms with Crippen LogP contribution in [0, 0.1) is 6.92 Å². The van der Waals surface area contributed by atoms with Gasteiger partial charge in [-0.2, -0.15) is 0 Å². The van der Waals surface area contributed by atoms with Crippen LogP contribution in [0.2, 0.25) is 0 Å². The van der Waals surface area contributed by atoms with Crippen molar-refractivity contribution in [1.29, 1.82) is 0 Å². The highest BCUT2D eigenvalue weighted by atomic mass is 32.2. The molecule has 0 bridgehead atoms. The molecule has 0 aromatic heterocycles. The van der Waals surface area contributed by atoms with E-state index in [1.807, 2.05) is 116 Å². The van der Waals surface area contributed by atoms with Gasteiger partial charge in [-0.1, -0.05) is 127 Å². The molecular formula is C34H27NO3S. The molecule has 0 aliphatic carbocycles. The van der Waals surface area contributed by atoms with Crippen LogP contribution in [-0.4, -0.2) is 18.6 Å². The number of rotatable bonds is 5. The predicted molar refractivity (Wildman–Crippen MR) is 156 cm³/mol. The van der Waals surface area contributed by atoms with Gasteiger partial charge in [0.25, 0.3) is 10.0 Å². The summed E-state index contributed by atoms with van der Waals surface area (Å²) < 4.78 is 29.4. The average Bonchev–Trinajstić information content (AvgIpc) is 2.97. The van der Waals surface area contributed by atoms with Gasteiger partial charge in [-0.05, 0) is 46.5 Å². The molecule has 1 amide bonds. The monoisotopic (exact) mass is 529 g/mol. The lowest BCUT2D eigenvalue weighted by atomic mass is 9.77. The summed E-state index contributed by atoms with van der Waals surface area (Å²) in [6, 6.07) is 39.6. The topological polar surface area (TPSA) is 54.5 Å². The van der Waals surface area contributed by atoms with Crippen molar-refractivity contribution in [2.24, 2.45) is 0 Å². The number of sulfonamides is 1. The summed E-state index contributed by atoms with van der Waals surface area (Å²) in [5, 5.41) is 2.06. The van der Waals surface area contributed by atoms with Crippen LogP contribution in [0.3, 0.4) is 0 Å². The van der Waals surface area contributed by atoms with E-state index in [4.69, 9.17) is 0 Å². The van der Waals surface area contributed by atoms with Crippen molar-refractivity contribution in [3.8, 4) is 0 Å². The summed E-state index contributed by atoms with van der Waals surface area (Å²) in [7, 11) is -4.20. The Morgan fingerprint density at radius 3 is 1.95 bits per heavy atom. The minimum Gasteiger partial charge on any atom is -0.273 e. The number of hydrogen-bond donors (Lipinski definition) is 0. The van der Waals surface area contributed by atoms with E-state index in [0.29, 0.717) is 11.3 Å². The molecule has 192 valence electrons. The maximum Gasteiger partial charge on any atom is 0.270 e. The number of benzene rings is 5. The van der Waals surface area contributed by atoms with E-state index in [1.165, 1.54) is 0 Å². The lowest BCUT2D eigenvalue weighted by Gasteiger charge is -2.37. The Morgan fingerprint density at radius 1 is 0.641 bits per heavy atom. The quantitative estimate of drug-likeness (QED) is 0.240. The van der Waals surface area contributed by atoms with Crippen LogP contribution in [0.15, 0.2) is 138 Å². The van der Waals surface area contributed by atoms with Gasteiger partial charge in [0.2, 0.25) is 5.91 Å². The molecule has 4 nitrogen and oxygen atoms in total. The minimum atomic E-state index is -4.20. The Labute approximate surface area is 228 Å². The molecule has 0 N–H and O–H groups in total. The second-order valence-corrected chi connectivity index (χ2v) is 11.6. The molecule has 0 saturated carbocycles. The van der Waals surface area contributed by atoms with E-state index >= 15 is 0 Å². The van der Waals surface area contributed by atoms with Crippen LogP contribution in [-0.2, 0) is 14.8 Å². The number of carbonyl (C=O) groups excluding carboxylic acids is 1. The van der Waals surface area contributed by atoms with E-state index in [9.17, 15) is 13.2 Å². The zero-order valence-electron chi connectivity index (χ0n) is 21.4. The first-order chi connectivity index (χ1) is 18.9. The average molecular weight is 530 g/mol. The number of aryl methyl sites for hydroxylation is 1. The first-order valence-electron chi connectivity index (χ1n) is 12.9. The Kier molecular flexibility index (Phi) is 6.37. The highest BCUT2D eigenvalue weighted by Gasteiger charge is 2.45. The molecule has 5 aromatic carbocycles. The fraction of sp³-hybridized carbons (Fsp3) is 0.0882. The molecule has 5 heteroatoms. The van der Waals surface area contributed by atoms with Crippen molar-refractivity contribution in [3.05, 3.63) is 156 Å². The van der Waals surface area contributed by atoms with Gasteiger partial charge in [0.05, 0.1) is 16.5 Å². The maximum absolute atomic E-state index is 14.6. The van der Waals surface area contributed by atoms with Gasteiger partial charge in [0, 0.05) is 5.92 Å². The minimum absolute atomic E-state index is 0.0821. The van der Waals surface area contributed by atoms with Gasteiger partial charge in [-0.25, -0.2) is 12.7 Å². The van der Waals surface area contributed by atoms with Crippen molar-refractivity contribution in [2.75, 3.05) is 0 Å². The normalized spacial score (nSPS) is 17.7. The molecule has 1 aliphatic rings. The highest BCUT2D eigenvalue weighted by molar-refractivity contribution is 7.90. The van der Waals surface area contributed by atoms with Crippen LogP contribution in [0.5, 0.6) is 0 Å². The standard InChI is InChI=1S/C34H27NO3S/c1-24-16-20-30(21-17-24)39(37,38)35-32(27-13-6-3-7-14-27)23-31(26-11-4-2-5-12-26)33(34(35)36)29-19-18-25-10-8-9-15-28(25)22-29/h2-23,31,33H,1H3/t31-,33-/m0/s1. The molecule has 1 aliphatic heterocycles. The van der Waals surface area contributed by atoms with Crippen LogP contribution < -0.4 is 0 Å². The van der Waals surface area contributed by atoms with Crippen LogP contribution in [0.4, 0.5) is 0 Å². The van der Waals surface area contributed by atoms with Crippen molar-refractivity contribution in [3.63, 3.8) is 0 Å². The maximum atomic E-state index is 14.6. The fourth-order valence-electron chi connectivity index (χ4n) is 5.33. The zero-order chi connectivity index (χ0) is 27.0. The Morgan fingerprint density at radius 2 is 1.26 bits per heavy atom. The van der Waals surface area contributed by atoms with Crippen molar-refractivity contribution >= 4 is 32.4 Å². The van der Waals surface area contributed by atoms with E-state index < -0.39 is 21.8 Å². The molecule has 0 spiro atoms. The Bertz CT molecular complexity index is 1790. The van der Waals surface area contributed by atoms with E-state index in [0.717, 1.165) is 31.8 Å². The highest BCUT2D eigenvalue weighted by Crippen LogP contribution is 2.45. The molecule has 39 heavy (non-hydrogen) atoms. The summed E-state index contributed by atoms with van der Waals surface area (Å²) in [4.78, 5) is 14.7. The summed E-state index contributed by atoms with van der Waals surface area (Å²) in [5.41, 5.74) is 3.70. The van der Waals surface area contributed by atoms with E-state index in [1.54, 1.807) is 24.3 Å². The molecular weight excluding hydrogens is 502 g/mol. The number of allylic oxidation sites excluding steroid dienone is 1.